The Morgan fingerprint density at radius 2 is 1.88 bits per heavy atom. The normalized spacial score (nSPS) is 10.9. The Kier molecular flexibility index (Phi) is 7.47. The number of hydrogen-bond donors (Lipinski definition) is 2. The smallest absolute Gasteiger partial charge is 0.306 e. The standard InChI is InChI=1S/C9H17NO6S/c1-10-8(12)2-3-9(13)16-5-7-17(14,15)6-4-11/h11H,2-7H2,1H3,(H,10,12). The molecule has 0 rings (SSSR count). The summed E-state index contributed by atoms with van der Waals surface area (Å²) in [6.07, 6.45) is -0.0710. The predicted octanol–water partition coefficient (Wildman–Crippen LogP) is -1.54. The van der Waals surface area contributed by atoms with E-state index in [9.17, 15) is 18.0 Å². The van der Waals surface area contributed by atoms with E-state index < -0.39 is 22.4 Å². The number of carbonyl (C=O) groups is 2. The van der Waals surface area contributed by atoms with Crippen LogP contribution in [0.15, 0.2) is 0 Å². The molecule has 0 radical (unpaired) electrons. The van der Waals surface area contributed by atoms with Crippen LogP contribution in [0, 0.1) is 0 Å². The summed E-state index contributed by atoms with van der Waals surface area (Å²) in [6.45, 7) is -0.706. The zero-order chi connectivity index (χ0) is 13.3. The Bertz CT molecular complexity index is 350. The van der Waals surface area contributed by atoms with Gasteiger partial charge in [-0.2, -0.15) is 0 Å². The first-order chi connectivity index (χ1) is 7.91. The molecule has 0 bridgehead atoms. The zero-order valence-electron chi connectivity index (χ0n) is 9.64. The molecule has 0 unspecified atom stereocenters. The second-order valence-electron chi connectivity index (χ2n) is 3.27. The second-order valence-corrected chi connectivity index (χ2v) is 5.57. The molecule has 100 valence electrons. The highest BCUT2D eigenvalue weighted by atomic mass is 32.2. The van der Waals surface area contributed by atoms with E-state index in [1.54, 1.807) is 0 Å². The van der Waals surface area contributed by atoms with Crippen molar-refractivity contribution in [1.82, 2.24) is 5.32 Å². The van der Waals surface area contributed by atoms with Gasteiger partial charge in [0.2, 0.25) is 5.91 Å². The molecule has 0 spiro atoms. The van der Waals surface area contributed by atoms with E-state index in [0.29, 0.717) is 0 Å². The molecule has 2 N–H and O–H groups in total. The summed E-state index contributed by atoms with van der Waals surface area (Å²) in [6, 6.07) is 0. The molecule has 0 fully saturated rings. The van der Waals surface area contributed by atoms with E-state index in [2.05, 4.69) is 10.1 Å². The molecule has 0 aromatic heterocycles. The fourth-order valence-corrected chi connectivity index (χ4v) is 1.76. The molecular formula is C9H17NO6S. The van der Waals surface area contributed by atoms with E-state index in [-0.39, 0.29) is 36.9 Å². The van der Waals surface area contributed by atoms with Crippen LogP contribution in [-0.4, -0.2) is 57.2 Å². The minimum Gasteiger partial charge on any atom is -0.465 e. The number of aliphatic hydroxyl groups excluding tert-OH is 1. The summed E-state index contributed by atoms with van der Waals surface area (Å²) >= 11 is 0. The fraction of sp³-hybridized carbons (Fsp3) is 0.778. The summed E-state index contributed by atoms with van der Waals surface area (Å²) in [5, 5.41) is 10.8. The number of ether oxygens (including phenoxy) is 1. The first kappa shape index (κ1) is 15.9. The molecule has 0 aromatic carbocycles. The van der Waals surface area contributed by atoms with Crippen molar-refractivity contribution < 1.29 is 27.9 Å². The van der Waals surface area contributed by atoms with Crippen molar-refractivity contribution in [2.75, 3.05) is 31.8 Å². The van der Waals surface area contributed by atoms with Gasteiger partial charge in [0.05, 0.1) is 24.5 Å². The summed E-state index contributed by atoms with van der Waals surface area (Å²) < 4.78 is 26.9. The predicted molar refractivity (Wildman–Crippen MR) is 60.0 cm³/mol. The zero-order valence-corrected chi connectivity index (χ0v) is 10.5. The van der Waals surface area contributed by atoms with Crippen molar-refractivity contribution in [2.45, 2.75) is 12.8 Å². The summed E-state index contributed by atoms with van der Waals surface area (Å²) in [4.78, 5) is 21.9. The number of sulfone groups is 1. The van der Waals surface area contributed by atoms with Crippen molar-refractivity contribution in [3.05, 3.63) is 0 Å². The highest BCUT2D eigenvalue weighted by molar-refractivity contribution is 7.91. The number of hydrogen-bond acceptors (Lipinski definition) is 6. The molecule has 0 saturated heterocycles. The maximum absolute atomic E-state index is 11.1. The van der Waals surface area contributed by atoms with Gasteiger partial charge in [0.1, 0.15) is 6.61 Å². The molecule has 8 heteroatoms. The molecular weight excluding hydrogens is 250 g/mol. The van der Waals surface area contributed by atoms with Crippen LogP contribution < -0.4 is 5.32 Å². The largest absolute Gasteiger partial charge is 0.465 e. The van der Waals surface area contributed by atoms with Gasteiger partial charge in [-0.15, -0.1) is 0 Å². The number of esters is 1. The van der Waals surface area contributed by atoms with Gasteiger partial charge in [-0.25, -0.2) is 8.42 Å². The molecule has 0 atom stereocenters. The van der Waals surface area contributed by atoms with Crippen LogP contribution >= 0.6 is 0 Å². The van der Waals surface area contributed by atoms with Crippen molar-refractivity contribution in [2.24, 2.45) is 0 Å². The third-order valence-electron chi connectivity index (χ3n) is 1.89. The number of aliphatic hydroxyl groups is 1. The van der Waals surface area contributed by atoms with Gasteiger partial charge >= 0.3 is 5.97 Å². The van der Waals surface area contributed by atoms with Crippen molar-refractivity contribution in [1.29, 1.82) is 0 Å². The van der Waals surface area contributed by atoms with Gasteiger partial charge in [-0.1, -0.05) is 0 Å². The van der Waals surface area contributed by atoms with E-state index in [0.717, 1.165) is 0 Å². The van der Waals surface area contributed by atoms with Crippen LogP contribution in [0.3, 0.4) is 0 Å². The SMILES string of the molecule is CNC(=O)CCC(=O)OCCS(=O)(=O)CCO. The number of nitrogens with one attached hydrogen (secondary N) is 1. The van der Waals surface area contributed by atoms with Gasteiger partial charge in [-0.3, -0.25) is 9.59 Å². The monoisotopic (exact) mass is 267 g/mol. The average molecular weight is 267 g/mol. The molecule has 17 heavy (non-hydrogen) atoms. The molecule has 0 aromatic rings. The van der Waals surface area contributed by atoms with Gasteiger partial charge in [0.15, 0.2) is 9.84 Å². The summed E-state index contributed by atoms with van der Waals surface area (Å²) in [7, 11) is -1.92. The lowest BCUT2D eigenvalue weighted by Gasteiger charge is -2.05. The van der Waals surface area contributed by atoms with Gasteiger partial charge in [-0.05, 0) is 0 Å². The third-order valence-corrected chi connectivity index (χ3v) is 3.49. The molecule has 1 amide bonds. The lowest BCUT2D eigenvalue weighted by Crippen LogP contribution is -2.21. The van der Waals surface area contributed by atoms with E-state index in [1.807, 2.05) is 0 Å². The van der Waals surface area contributed by atoms with Crippen LogP contribution in [0.4, 0.5) is 0 Å². The average Bonchev–Trinajstić information content (AvgIpc) is 2.25. The van der Waals surface area contributed by atoms with Gasteiger partial charge in [0, 0.05) is 13.5 Å². The highest BCUT2D eigenvalue weighted by Gasteiger charge is 2.12. The Labute approximate surface area is 100 Å². The molecule has 0 aliphatic rings. The van der Waals surface area contributed by atoms with E-state index >= 15 is 0 Å². The Balaban J connectivity index is 3.75. The first-order valence-corrected chi connectivity index (χ1v) is 6.91. The van der Waals surface area contributed by atoms with Gasteiger partial charge < -0.3 is 15.2 Å². The Morgan fingerprint density at radius 1 is 1.24 bits per heavy atom. The van der Waals surface area contributed by atoms with Crippen LogP contribution in [-0.2, 0) is 24.2 Å². The van der Waals surface area contributed by atoms with Gasteiger partial charge in [0.25, 0.3) is 0 Å². The maximum Gasteiger partial charge on any atom is 0.306 e. The molecule has 0 aliphatic carbocycles. The van der Waals surface area contributed by atoms with Crippen molar-refractivity contribution in [3.63, 3.8) is 0 Å². The van der Waals surface area contributed by atoms with Crippen molar-refractivity contribution >= 4 is 21.7 Å². The fourth-order valence-electron chi connectivity index (χ4n) is 0.936. The minimum absolute atomic E-state index is 0.0126. The van der Waals surface area contributed by atoms with Crippen LogP contribution in [0.1, 0.15) is 12.8 Å². The van der Waals surface area contributed by atoms with Crippen LogP contribution in [0.2, 0.25) is 0 Å². The molecule has 0 saturated carbocycles. The lowest BCUT2D eigenvalue weighted by atomic mass is 10.3. The lowest BCUT2D eigenvalue weighted by molar-refractivity contribution is -0.144. The second kappa shape index (κ2) is 8.02. The number of rotatable bonds is 8. The Hall–Kier alpha value is -1.15. The quantitative estimate of drug-likeness (QED) is 0.516. The van der Waals surface area contributed by atoms with Crippen molar-refractivity contribution in [3.8, 4) is 0 Å². The van der Waals surface area contributed by atoms with E-state index in [1.165, 1.54) is 7.05 Å². The topological polar surface area (TPSA) is 110 Å². The highest BCUT2D eigenvalue weighted by Crippen LogP contribution is 1.95. The Morgan fingerprint density at radius 3 is 2.41 bits per heavy atom. The number of amides is 1. The summed E-state index contributed by atoms with van der Waals surface area (Å²) in [5.41, 5.74) is 0. The first-order valence-electron chi connectivity index (χ1n) is 5.09. The molecule has 0 heterocycles. The third kappa shape index (κ3) is 8.64. The van der Waals surface area contributed by atoms with Crippen LogP contribution in [0.5, 0.6) is 0 Å². The van der Waals surface area contributed by atoms with E-state index in [4.69, 9.17) is 5.11 Å². The number of carbonyl (C=O) groups excluding carboxylic acids is 2. The molecule has 7 nitrogen and oxygen atoms in total. The molecule has 0 aliphatic heterocycles. The van der Waals surface area contributed by atoms with Crippen LogP contribution in [0.25, 0.3) is 0 Å². The minimum atomic E-state index is -3.37. The maximum atomic E-state index is 11.1. The summed E-state index contributed by atoms with van der Waals surface area (Å²) in [5.74, 6) is -1.56.